The van der Waals surface area contributed by atoms with Gasteiger partial charge in [-0.2, -0.15) is 0 Å². The van der Waals surface area contributed by atoms with E-state index in [4.69, 9.17) is 47.0 Å². The van der Waals surface area contributed by atoms with Gasteiger partial charge in [0.25, 0.3) is 5.91 Å². The first-order chi connectivity index (χ1) is 14.3. The van der Waals surface area contributed by atoms with Gasteiger partial charge in [0.15, 0.2) is 0 Å². The molecule has 3 rings (SSSR count). The van der Waals surface area contributed by atoms with Crippen LogP contribution in [0.1, 0.15) is 30.6 Å². The Morgan fingerprint density at radius 3 is 2.63 bits per heavy atom. The topological polar surface area (TPSA) is 49.4 Å². The van der Waals surface area contributed by atoms with Gasteiger partial charge < -0.3 is 5.32 Å². The fraction of sp³-hybridized carbons (Fsp3) is 0.250. The Balaban J connectivity index is 1.41. The van der Waals surface area contributed by atoms with Crippen molar-refractivity contribution in [1.82, 2.24) is 4.90 Å². The summed E-state index contributed by atoms with van der Waals surface area (Å²) in [7, 11) is 0. The highest BCUT2D eigenvalue weighted by Crippen LogP contribution is 2.34. The molecule has 2 amide bonds. The highest BCUT2D eigenvalue weighted by Gasteiger charge is 2.31. The number of carbonyl (C=O) groups excluding carboxylic acids is 2. The zero-order valence-electron chi connectivity index (χ0n) is 15.6. The fourth-order valence-electron chi connectivity index (χ4n) is 2.76. The van der Waals surface area contributed by atoms with Crippen molar-refractivity contribution in [2.75, 3.05) is 11.9 Å². The normalized spacial score (nSPS) is 15.3. The maximum absolute atomic E-state index is 12.6. The number of thiophene rings is 1. The lowest BCUT2D eigenvalue weighted by Crippen LogP contribution is -2.29. The van der Waals surface area contributed by atoms with Crippen LogP contribution >= 0.6 is 70.1 Å². The minimum absolute atomic E-state index is 0.0506. The number of nitrogens with one attached hydrogen (secondary N) is 1. The molecule has 0 bridgehead atoms. The molecule has 1 saturated heterocycles. The van der Waals surface area contributed by atoms with Gasteiger partial charge in [-0.15, -0.1) is 11.3 Å². The number of hydrogen-bond acceptors (Lipinski definition) is 5. The Hall–Kier alpha value is -1.09. The molecule has 0 radical (unpaired) electrons. The Morgan fingerprint density at radius 1 is 1.13 bits per heavy atom. The Bertz CT molecular complexity index is 993. The van der Waals surface area contributed by atoms with Crippen molar-refractivity contribution in [1.29, 1.82) is 0 Å². The van der Waals surface area contributed by atoms with Crippen molar-refractivity contribution < 1.29 is 9.59 Å². The Morgan fingerprint density at radius 2 is 1.90 bits per heavy atom. The molecule has 10 heteroatoms. The van der Waals surface area contributed by atoms with E-state index < -0.39 is 0 Å². The number of benzene rings is 1. The summed E-state index contributed by atoms with van der Waals surface area (Å²) in [6.07, 6.45) is 4.46. The molecule has 0 saturated carbocycles. The predicted molar refractivity (Wildman–Crippen MR) is 133 cm³/mol. The minimum Gasteiger partial charge on any atom is -0.325 e. The summed E-state index contributed by atoms with van der Waals surface area (Å²) in [5.74, 6) is -0.204. The number of unbranched alkanes of at least 4 members (excludes halogenated alkanes) is 2. The standard InChI is InChI=1S/C20H17Cl3N2O2S3/c21-13-10-15(23)16(11-14(13)22)24-18(26)6-2-1-3-7-25-19(27)17(30-20(25)28)9-12-5-4-8-29-12/h4-5,8-11H,1-3,6-7H2,(H,24,26)/b17-9-. The average molecular weight is 520 g/mol. The third kappa shape index (κ3) is 6.22. The molecule has 2 heterocycles. The third-order valence-corrected chi connectivity index (χ3v) is 7.49. The molecule has 0 unspecified atom stereocenters. The maximum Gasteiger partial charge on any atom is 0.266 e. The van der Waals surface area contributed by atoms with Crippen LogP contribution in [0.25, 0.3) is 6.08 Å². The second-order valence-electron chi connectivity index (χ2n) is 6.45. The second-order valence-corrected chi connectivity index (χ2v) is 10.3. The summed E-state index contributed by atoms with van der Waals surface area (Å²) in [4.78, 5) is 28.0. The van der Waals surface area contributed by atoms with E-state index in [1.807, 2.05) is 23.6 Å². The molecular formula is C20H17Cl3N2O2S3. The molecule has 30 heavy (non-hydrogen) atoms. The molecule has 1 aliphatic heterocycles. The van der Waals surface area contributed by atoms with E-state index in [9.17, 15) is 9.59 Å². The lowest BCUT2D eigenvalue weighted by Gasteiger charge is -2.14. The van der Waals surface area contributed by atoms with Gasteiger partial charge in [0, 0.05) is 17.8 Å². The number of amides is 2. The van der Waals surface area contributed by atoms with Crippen molar-refractivity contribution in [3.8, 4) is 0 Å². The Labute approximate surface area is 203 Å². The number of halogens is 3. The molecule has 1 aliphatic rings. The number of anilines is 1. The Kier molecular flexibility index (Phi) is 8.62. The smallest absolute Gasteiger partial charge is 0.266 e. The fourth-order valence-corrected chi connectivity index (χ4v) is 5.38. The molecule has 1 aromatic carbocycles. The number of nitrogens with zero attached hydrogens (tertiary/aromatic N) is 1. The van der Waals surface area contributed by atoms with Crippen molar-refractivity contribution in [3.63, 3.8) is 0 Å². The zero-order valence-corrected chi connectivity index (χ0v) is 20.3. The number of thiocarbonyl (C=S) groups is 1. The SMILES string of the molecule is O=C(CCCCCN1C(=O)/C(=C/c2cccs2)SC1=S)Nc1cc(Cl)c(Cl)cc1Cl. The lowest BCUT2D eigenvalue weighted by atomic mass is 10.1. The zero-order chi connectivity index (χ0) is 21.7. The van der Waals surface area contributed by atoms with Gasteiger partial charge in [-0.25, -0.2) is 0 Å². The van der Waals surface area contributed by atoms with Crippen LogP contribution in [0.15, 0.2) is 34.6 Å². The molecule has 0 spiro atoms. The molecule has 4 nitrogen and oxygen atoms in total. The monoisotopic (exact) mass is 518 g/mol. The highest BCUT2D eigenvalue weighted by molar-refractivity contribution is 8.26. The minimum atomic E-state index is -0.153. The first kappa shape index (κ1) is 23.6. The quantitative estimate of drug-likeness (QED) is 0.175. The number of rotatable bonds is 8. The van der Waals surface area contributed by atoms with Crippen LogP contribution in [0.5, 0.6) is 0 Å². The van der Waals surface area contributed by atoms with E-state index >= 15 is 0 Å². The molecule has 2 aromatic rings. The van der Waals surface area contributed by atoms with Gasteiger partial charge in [0.1, 0.15) is 4.32 Å². The largest absolute Gasteiger partial charge is 0.325 e. The maximum atomic E-state index is 12.6. The van der Waals surface area contributed by atoms with E-state index in [0.717, 1.165) is 17.7 Å². The van der Waals surface area contributed by atoms with E-state index in [1.165, 1.54) is 23.9 Å². The van der Waals surface area contributed by atoms with Crippen LogP contribution in [-0.4, -0.2) is 27.6 Å². The summed E-state index contributed by atoms with van der Waals surface area (Å²) < 4.78 is 0.579. The molecule has 158 valence electrons. The van der Waals surface area contributed by atoms with Crippen LogP contribution in [0.2, 0.25) is 15.1 Å². The molecule has 0 aliphatic carbocycles. The molecule has 1 N–H and O–H groups in total. The van der Waals surface area contributed by atoms with Crippen LogP contribution in [0, 0.1) is 0 Å². The predicted octanol–water partition coefficient (Wildman–Crippen LogP) is 7.11. The van der Waals surface area contributed by atoms with Crippen LogP contribution < -0.4 is 5.32 Å². The van der Waals surface area contributed by atoms with E-state index in [-0.39, 0.29) is 11.8 Å². The van der Waals surface area contributed by atoms with Crippen LogP contribution in [-0.2, 0) is 9.59 Å². The van der Waals surface area contributed by atoms with Gasteiger partial charge in [-0.1, -0.05) is 71.3 Å². The number of carbonyl (C=O) groups is 2. The van der Waals surface area contributed by atoms with Crippen LogP contribution in [0.4, 0.5) is 5.69 Å². The van der Waals surface area contributed by atoms with Gasteiger partial charge in [-0.05, 0) is 42.5 Å². The highest BCUT2D eigenvalue weighted by atomic mass is 35.5. The average Bonchev–Trinajstić information content (AvgIpc) is 3.29. The summed E-state index contributed by atoms with van der Waals surface area (Å²) >= 11 is 26.2. The number of hydrogen-bond donors (Lipinski definition) is 1. The summed E-state index contributed by atoms with van der Waals surface area (Å²) in [5, 5.41) is 5.71. The summed E-state index contributed by atoms with van der Waals surface area (Å²) in [6, 6.07) is 6.94. The summed E-state index contributed by atoms with van der Waals surface area (Å²) in [5.41, 5.74) is 0.436. The molecule has 0 atom stereocenters. The van der Waals surface area contributed by atoms with E-state index in [1.54, 1.807) is 16.2 Å². The van der Waals surface area contributed by atoms with Gasteiger partial charge in [-0.3, -0.25) is 14.5 Å². The molecule has 1 aromatic heterocycles. The van der Waals surface area contributed by atoms with E-state index in [0.29, 0.717) is 49.4 Å². The van der Waals surface area contributed by atoms with Crippen LogP contribution in [0.3, 0.4) is 0 Å². The summed E-state index contributed by atoms with van der Waals surface area (Å²) in [6.45, 7) is 0.548. The van der Waals surface area contributed by atoms with Gasteiger partial charge >= 0.3 is 0 Å². The first-order valence-electron chi connectivity index (χ1n) is 9.08. The second kappa shape index (κ2) is 11.0. The van der Waals surface area contributed by atoms with Crippen molar-refractivity contribution in [3.05, 3.63) is 54.5 Å². The molecular weight excluding hydrogens is 503 g/mol. The van der Waals surface area contributed by atoms with Gasteiger partial charge in [0.05, 0.1) is 25.7 Å². The van der Waals surface area contributed by atoms with E-state index in [2.05, 4.69) is 5.32 Å². The van der Waals surface area contributed by atoms with Crippen molar-refractivity contribution in [2.24, 2.45) is 0 Å². The lowest BCUT2D eigenvalue weighted by molar-refractivity contribution is -0.122. The number of thioether (sulfide) groups is 1. The van der Waals surface area contributed by atoms with Crippen molar-refractivity contribution >= 4 is 98.0 Å². The molecule has 1 fully saturated rings. The van der Waals surface area contributed by atoms with Crippen molar-refractivity contribution in [2.45, 2.75) is 25.7 Å². The third-order valence-electron chi connectivity index (χ3n) is 4.26. The van der Waals surface area contributed by atoms with Gasteiger partial charge in [0.2, 0.25) is 5.91 Å². The first-order valence-corrected chi connectivity index (χ1v) is 12.3.